The maximum absolute atomic E-state index is 15.2. The highest BCUT2D eigenvalue weighted by atomic mass is 31.1. The molecule has 0 aliphatic carbocycles. The van der Waals surface area contributed by atoms with E-state index < -0.39 is 38.5 Å². The number of fused-ring (bicyclic) bond motifs is 1. The number of hydrogen-bond donors (Lipinski definition) is 2. The van der Waals surface area contributed by atoms with Gasteiger partial charge in [-0.05, 0) is 13.8 Å². The maximum atomic E-state index is 15.2. The summed E-state index contributed by atoms with van der Waals surface area (Å²) in [7, 11) is -2.52. The quantitative estimate of drug-likeness (QED) is 0.678. The van der Waals surface area contributed by atoms with E-state index in [1.54, 1.807) is 6.92 Å². The van der Waals surface area contributed by atoms with E-state index in [4.69, 9.17) is 19.7 Å². The Hall–Kier alpha value is -1.88. The summed E-state index contributed by atoms with van der Waals surface area (Å²) in [6.07, 6.45) is -2.69. The minimum atomic E-state index is -2.91. The van der Waals surface area contributed by atoms with Crippen molar-refractivity contribution in [1.29, 1.82) is 0 Å². The van der Waals surface area contributed by atoms with E-state index in [1.165, 1.54) is 6.66 Å². The minimum absolute atomic E-state index is 0.0428. The van der Waals surface area contributed by atoms with Crippen LogP contribution >= 0.6 is 8.03 Å². The third-order valence-corrected chi connectivity index (χ3v) is 4.70. The summed E-state index contributed by atoms with van der Waals surface area (Å²) >= 11 is 0. The van der Waals surface area contributed by atoms with Crippen LogP contribution in [0.3, 0.4) is 0 Å². The molecule has 0 radical (unpaired) electrons. The summed E-state index contributed by atoms with van der Waals surface area (Å²) in [6.45, 7) is 3.32. The highest BCUT2D eigenvalue weighted by Gasteiger charge is 2.64. The molecule has 5 atom stereocenters. The van der Waals surface area contributed by atoms with Gasteiger partial charge in [0.25, 0.3) is 5.85 Å². The molecule has 0 aromatic carbocycles. The molecule has 3 N–H and O–H groups in total. The summed E-state index contributed by atoms with van der Waals surface area (Å²) in [5.74, 6) is -2.99. The summed E-state index contributed by atoms with van der Waals surface area (Å²) in [5, 5.41) is 10.2. The van der Waals surface area contributed by atoms with Crippen LogP contribution in [0.25, 0.3) is 11.2 Å². The van der Waals surface area contributed by atoms with E-state index in [0.717, 1.165) is 17.8 Å². The summed E-state index contributed by atoms with van der Waals surface area (Å²) in [6, 6.07) is 0. The third-order valence-electron chi connectivity index (χ3n) is 4.15. The van der Waals surface area contributed by atoms with Crippen LogP contribution in [0.2, 0.25) is 0 Å². The molecule has 10 nitrogen and oxygen atoms in total. The Morgan fingerprint density at radius 2 is 2.19 bits per heavy atom. The second kappa shape index (κ2) is 6.93. The zero-order valence-electron chi connectivity index (χ0n) is 14.8. The van der Waals surface area contributed by atoms with Crippen LogP contribution in [0.15, 0.2) is 6.33 Å². The molecular weight excluding hydrogens is 387 g/mol. The summed E-state index contributed by atoms with van der Waals surface area (Å²) < 4.78 is 57.7. The van der Waals surface area contributed by atoms with Crippen LogP contribution < -0.4 is 10.5 Å². The molecule has 0 saturated carbocycles. The van der Waals surface area contributed by atoms with Crippen molar-refractivity contribution in [2.75, 3.05) is 25.6 Å². The number of ether oxygens (including phenoxy) is 2. The number of aliphatic hydroxyl groups excluding tert-OH is 1. The number of nitrogens with two attached hydrogens (primary N) is 1. The van der Waals surface area contributed by atoms with Crippen LogP contribution in [-0.2, 0) is 13.8 Å². The number of alkyl halides is 2. The number of aromatic nitrogens is 4. The maximum Gasteiger partial charge on any atom is 0.264 e. The highest BCUT2D eigenvalue weighted by Crippen LogP contribution is 2.49. The molecule has 0 spiro atoms. The van der Waals surface area contributed by atoms with E-state index in [2.05, 4.69) is 15.0 Å². The zero-order chi connectivity index (χ0) is 20.0. The fourth-order valence-corrected chi connectivity index (χ4v) is 3.28. The van der Waals surface area contributed by atoms with Gasteiger partial charge in [-0.25, -0.2) is 13.8 Å². The molecule has 150 valence electrons. The number of aliphatic hydroxyl groups is 1. The molecule has 2 aromatic heterocycles. The second-order valence-corrected chi connectivity index (χ2v) is 7.51. The molecule has 3 heterocycles. The van der Waals surface area contributed by atoms with Crippen LogP contribution in [0, 0.1) is 0 Å². The Balaban J connectivity index is 2.04. The lowest BCUT2D eigenvalue weighted by Gasteiger charge is -2.25. The van der Waals surface area contributed by atoms with E-state index in [0.29, 0.717) is 0 Å². The van der Waals surface area contributed by atoms with Gasteiger partial charge >= 0.3 is 0 Å². The first-order chi connectivity index (χ1) is 12.6. The van der Waals surface area contributed by atoms with Crippen molar-refractivity contribution in [1.82, 2.24) is 19.5 Å². The third kappa shape index (κ3) is 3.38. The van der Waals surface area contributed by atoms with Gasteiger partial charge in [-0.3, -0.25) is 9.13 Å². The number of nitrogens with zero attached hydrogens (tertiary/aromatic N) is 4. The van der Waals surface area contributed by atoms with Gasteiger partial charge in [-0.2, -0.15) is 9.97 Å². The van der Waals surface area contributed by atoms with E-state index in [1.807, 2.05) is 0 Å². The molecule has 0 amide bonds. The number of anilines is 1. The Labute approximate surface area is 153 Å². The Bertz CT molecular complexity index is 881. The van der Waals surface area contributed by atoms with E-state index in [-0.39, 0.29) is 29.6 Å². The number of halogens is 2. The van der Waals surface area contributed by atoms with Crippen LogP contribution in [0.4, 0.5) is 14.7 Å². The predicted molar refractivity (Wildman–Crippen MR) is 91.3 cm³/mol. The average Bonchev–Trinajstić information content (AvgIpc) is 3.07. The molecule has 3 rings (SSSR count). The second-order valence-electron chi connectivity index (χ2n) is 6.23. The van der Waals surface area contributed by atoms with Gasteiger partial charge in [0.15, 0.2) is 37.2 Å². The Kier molecular flexibility index (Phi) is 5.10. The van der Waals surface area contributed by atoms with Gasteiger partial charge in [0.2, 0.25) is 11.8 Å². The molecule has 1 unspecified atom stereocenters. The van der Waals surface area contributed by atoms with Crippen molar-refractivity contribution in [2.45, 2.75) is 37.7 Å². The lowest BCUT2D eigenvalue weighted by atomic mass is 9.97. The molecule has 27 heavy (non-hydrogen) atoms. The van der Waals surface area contributed by atoms with E-state index >= 15 is 8.78 Å². The molecule has 2 aromatic rings. The molecule has 0 bridgehead atoms. The standard InChI is InChI=1S/C14H20F2N5O5P/c1-4-24-9-7-8(19-12(17)20-9)21(6-18-7)11-13(2,15)10(22)14(16,26-11)5-25-27(3)23/h6,10-11,22,27H,4-5H2,1-3H3,(H2,17,19,20)/t10-,11+,13+,14+/m0/s1. The highest BCUT2D eigenvalue weighted by molar-refractivity contribution is 7.38. The molecule has 1 fully saturated rings. The smallest absolute Gasteiger partial charge is 0.264 e. The first kappa shape index (κ1) is 19.9. The molecule has 1 aliphatic rings. The first-order valence-electron chi connectivity index (χ1n) is 8.10. The van der Waals surface area contributed by atoms with Crippen LogP contribution in [0.5, 0.6) is 5.88 Å². The van der Waals surface area contributed by atoms with Crippen molar-refractivity contribution in [3.8, 4) is 5.88 Å². The lowest BCUT2D eigenvalue weighted by Crippen LogP contribution is -2.46. The lowest BCUT2D eigenvalue weighted by molar-refractivity contribution is -0.201. The number of hydrogen-bond acceptors (Lipinski definition) is 9. The normalized spacial score (nSPS) is 32.1. The SMILES string of the molecule is CCOc1nc(N)nc2c1ncn2[C@@H]1O[C@](F)(CO[PH](C)=O)[C@@H](O)[C@@]1(C)F. The topological polar surface area (TPSA) is 135 Å². The summed E-state index contributed by atoms with van der Waals surface area (Å²) in [5.41, 5.74) is 3.29. The molecular formula is C14H20F2N5O5P. The van der Waals surface area contributed by atoms with Crippen molar-refractivity contribution in [3.05, 3.63) is 6.33 Å². The predicted octanol–water partition coefficient (Wildman–Crippen LogP) is 1.21. The van der Waals surface area contributed by atoms with Gasteiger partial charge < -0.3 is 24.8 Å². The first-order valence-corrected chi connectivity index (χ1v) is 9.91. The Morgan fingerprint density at radius 1 is 1.48 bits per heavy atom. The van der Waals surface area contributed by atoms with Gasteiger partial charge in [-0.15, -0.1) is 0 Å². The molecule has 1 aliphatic heterocycles. The Morgan fingerprint density at radius 3 is 2.81 bits per heavy atom. The van der Waals surface area contributed by atoms with Crippen LogP contribution in [0.1, 0.15) is 20.1 Å². The van der Waals surface area contributed by atoms with Crippen molar-refractivity contribution >= 4 is 25.1 Å². The monoisotopic (exact) mass is 407 g/mol. The van der Waals surface area contributed by atoms with Crippen molar-refractivity contribution in [2.24, 2.45) is 0 Å². The summed E-state index contributed by atoms with van der Waals surface area (Å²) in [4.78, 5) is 12.0. The minimum Gasteiger partial charge on any atom is -0.476 e. The van der Waals surface area contributed by atoms with Crippen molar-refractivity contribution < 1.29 is 32.4 Å². The van der Waals surface area contributed by atoms with Gasteiger partial charge in [0.05, 0.1) is 12.9 Å². The number of imidazole rings is 1. The fourth-order valence-electron chi connectivity index (χ4n) is 2.88. The number of nitrogen functional groups attached to an aromatic ring is 1. The molecule has 13 heteroatoms. The van der Waals surface area contributed by atoms with Crippen LogP contribution in [-0.4, -0.2) is 62.1 Å². The average molecular weight is 407 g/mol. The van der Waals surface area contributed by atoms with Gasteiger partial charge in [0, 0.05) is 6.66 Å². The van der Waals surface area contributed by atoms with Gasteiger partial charge in [-0.1, -0.05) is 0 Å². The van der Waals surface area contributed by atoms with Gasteiger partial charge in [0.1, 0.15) is 6.61 Å². The zero-order valence-corrected chi connectivity index (χ0v) is 15.8. The number of rotatable bonds is 6. The largest absolute Gasteiger partial charge is 0.476 e. The fraction of sp³-hybridized carbons (Fsp3) is 0.643. The molecule has 1 saturated heterocycles. The van der Waals surface area contributed by atoms with Crippen molar-refractivity contribution in [3.63, 3.8) is 0 Å². The van der Waals surface area contributed by atoms with E-state index in [9.17, 15) is 9.67 Å².